The van der Waals surface area contributed by atoms with Crippen molar-refractivity contribution in [2.75, 3.05) is 38.5 Å². The zero-order chi connectivity index (χ0) is 22.9. The largest absolute Gasteiger partial charge is 0.369 e. The Morgan fingerprint density at radius 1 is 1.19 bits per heavy atom. The van der Waals surface area contributed by atoms with Crippen molar-refractivity contribution in [1.29, 1.82) is 0 Å². The van der Waals surface area contributed by atoms with E-state index in [-0.39, 0.29) is 11.3 Å². The summed E-state index contributed by atoms with van der Waals surface area (Å²) >= 11 is 0. The number of likely N-dealkylation sites (tertiary alicyclic amines) is 1. The van der Waals surface area contributed by atoms with Crippen LogP contribution >= 0.6 is 0 Å². The highest BCUT2D eigenvalue weighted by Crippen LogP contribution is 2.31. The number of likely N-dealkylation sites (N-methyl/N-ethyl adjacent to an activating group) is 1. The highest BCUT2D eigenvalue weighted by molar-refractivity contribution is 5.74. The van der Waals surface area contributed by atoms with E-state index in [1.165, 1.54) is 17.5 Å². The minimum absolute atomic E-state index is 0.0499. The zero-order valence-corrected chi connectivity index (χ0v) is 20.2. The average Bonchev–Trinajstić information content (AvgIpc) is 2.77. The Kier molecular flexibility index (Phi) is 6.52. The van der Waals surface area contributed by atoms with Crippen molar-refractivity contribution in [3.63, 3.8) is 0 Å². The topological polar surface area (TPSA) is 61.4 Å². The van der Waals surface area contributed by atoms with Gasteiger partial charge < -0.3 is 15.1 Å². The lowest BCUT2D eigenvalue weighted by molar-refractivity contribution is -0.129. The molecule has 6 nitrogen and oxygen atoms in total. The summed E-state index contributed by atoms with van der Waals surface area (Å²) in [6.45, 7) is 12.5. The molecule has 172 valence electrons. The fourth-order valence-corrected chi connectivity index (χ4v) is 4.82. The third kappa shape index (κ3) is 4.96. The average molecular weight is 436 g/mol. The van der Waals surface area contributed by atoms with E-state index in [1.54, 1.807) is 6.92 Å². The molecule has 0 unspecified atom stereocenters. The summed E-state index contributed by atoms with van der Waals surface area (Å²) in [6.07, 6.45) is 3.11. The van der Waals surface area contributed by atoms with E-state index >= 15 is 0 Å². The molecule has 1 N–H and O–H groups in total. The van der Waals surface area contributed by atoms with E-state index in [4.69, 9.17) is 9.97 Å². The van der Waals surface area contributed by atoms with Crippen molar-refractivity contribution < 1.29 is 4.79 Å². The van der Waals surface area contributed by atoms with Crippen LogP contribution < -0.4 is 5.32 Å². The maximum absolute atomic E-state index is 12.1. The number of hydrogen-bond acceptors (Lipinski definition) is 5. The van der Waals surface area contributed by atoms with Crippen LogP contribution in [0.2, 0.25) is 0 Å². The van der Waals surface area contributed by atoms with Gasteiger partial charge in [0.25, 0.3) is 0 Å². The number of aryl methyl sites for hydroxylation is 1. The fourth-order valence-electron chi connectivity index (χ4n) is 4.82. The van der Waals surface area contributed by atoms with Gasteiger partial charge in [0.15, 0.2) is 0 Å². The molecule has 0 aliphatic carbocycles. The van der Waals surface area contributed by atoms with Crippen molar-refractivity contribution in [1.82, 2.24) is 19.8 Å². The highest BCUT2D eigenvalue weighted by Gasteiger charge is 2.29. The number of fused-ring (bicyclic) bond motifs is 1. The van der Waals surface area contributed by atoms with E-state index in [1.807, 2.05) is 4.90 Å². The number of hydrogen-bond donors (Lipinski definition) is 1. The van der Waals surface area contributed by atoms with Gasteiger partial charge in [0.05, 0.1) is 12.2 Å². The minimum atomic E-state index is -0.0499. The molecular weight excluding hydrogens is 398 g/mol. The number of anilines is 1. The lowest BCUT2D eigenvalue weighted by Crippen LogP contribution is -2.37. The lowest BCUT2D eigenvalue weighted by Gasteiger charge is -2.33. The van der Waals surface area contributed by atoms with Crippen LogP contribution in [0.25, 0.3) is 0 Å². The molecule has 1 fully saturated rings. The van der Waals surface area contributed by atoms with Gasteiger partial charge in [0.1, 0.15) is 11.6 Å². The Bertz CT molecular complexity index is 969. The van der Waals surface area contributed by atoms with Crippen LogP contribution in [0.3, 0.4) is 0 Å². The molecule has 1 aromatic carbocycles. The first kappa shape index (κ1) is 22.7. The second-order valence-electron chi connectivity index (χ2n) is 10.3. The predicted molar refractivity (Wildman–Crippen MR) is 129 cm³/mol. The van der Waals surface area contributed by atoms with Crippen LogP contribution in [-0.4, -0.2) is 58.9 Å². The number of rotatable bonds is 5. The molecule has 2 aliphatic heterocycles. The molecule has 2 aromatic rings. The molecule has 6 heteroatoms. The Hall–Kier alpha value is -2.47. The first-order valence-corrected chi connectivity index (χ1v) is 11.9. The summed E-state index contributed by atoms with van der Waals surface area (Å²) in [5, 5.41) is 3.67. The predicted octanol–water partition coefficient (Wildman–Crippen LogP) is 3.89. The summed E-state index contributed by atoms with van der Waals surface area (Å²) in [5.41, 5.74) is 4.72. The van der Waals surface area contributed by atoms with Crippen LogP contribution in [0.5, 0.6) is 0 Å². The van der Waals surface area contributed by atoms with Gasteiger partial charge in [0.2, 0.25) is 5.91 Å². The standard InChI is InChI=1S/C26H37N5O/c1-18-8-10-21(11-9-18)26(3,4)17-27-25-22-16-31(19(2)32)14-12-23(22)28-24(29-25)20-7-6-13-30(5)15-20/h8-11,20H,6-7,12-17H2,1-5H3,(H,27,28,29)/t20-/m0/s1. The van der Waals surface area contributed by atoms with Gasteiger partial charge in [-0.25, -0.2) is 9.97 Å². The Morgan fingerprint density at radius 2 is 1.94 bits per heavy atom. The van der Waals surface area contributed by atoms with E-state index in [0.717, 1.165) is 61.9 Å². The normalized spacial score (nSPS) is 19.5. The number of nitrogens with zero attached hydrogens (tertiary/aromatic N) is 4. The van der Waals surface area contributed by atoms with Gasteiger partial charge in [0, 0.05) is 49.9 Å². The van der Waals surface area contributed by atoms with Crippen molar-refractivity contribution >= 4 is 11.7 Å². The van der Waals surface area contributed by atoms with Crippen LogP contribution in [0.15, 0.2) is 24.3 Å². The third-order valence-corrected chi connectivity index (χ3v) is 7.04. The van der Waals surface area contributed by atoms with Crippen molar-refractivity contribution in [3.8, 4) is 0 Å². The lowest BCUT2D eigenvalue weighted by atomic mass is 9.84. The maximum atomic E-state index is 12.1. The molecular formula is C26H37N5O. The maximum Gasteiger partial charge on any atom is 0.219 e. The second kappa shape index (κ2) is 9.18. The quantitative estimate of drug-likeness (QED) is 0.772. The minimum Gasteiger partial charge on any atom is -0.369 e. The molecule has 32 heavy (non-hydrogen) atoms. The number of carbonyl (C=O) groups is 1. The second-order valence-corrected chi connectivity index (χ2v) is 10.3. The molecule has 0 saturated carbocycles. The summed E-state index contributed by atoms with van der Waals surface area (Å²) in [6, 6.07) is 8.78. The van der Waals surface area contributed by atoms with Crippen LogP contribution in [-0.2, 0) is 23.2 Å². The third-order valence-electron chi connectivity index (χ3n) is 7.04. The van der Waals surface area contributed by atoms with Crippen molar-refractivity contribution in [2.24, 2.45) is 0 Å². The van der Waals surface area contributed by atoms with Gasteiger partial charge in [-0.3, -0.25) is 4.79 Å². The molecule has 0 bridgehead atoms. The molecule has 0 radical (unpaired) electrons. The van der Waals surface area contributed by atoms with Gasteiger partial charge in [-0.1, -0.05) is 43.7 Å². The van der Waals surface area contributed by atoms with Gasteiger partial charge >= 0.3 is 0 Å². The van der Waals surface area contributed by atoms with Crippen LogP contribution in [0.1, 0.15) is 67.7 Å². The molecule has 1 atom stereocenters. The van der Waals surface area contributed by atoms with Crippen LogP contribution in [0, 0.1) is 6.92 Å². The number of nitrogens with one attached hydrogen (secondary N) is 1. The van der Waals surface area contributed by atoms with Gasteiger partial charge in [-0.2, -0.15) is 0 Å². The van der Waals surface area contributed by atoms with E-state index in [9.17, 15) is 4.79 Å². The van der Waals surface area contributed by atoms with Crippen LogP contribution in [0.4, 0.5) is 5.82 Å². The fraction of sp³-hybridized carbons (Fsp3) is 0.577. The molecule has 1 amide bonds. The smallest absolute Gasteiger partial charge is 0.219 e. The molecule has 4 rings (SSSR count). The van der Waals surface area contributed by atoms with E-state index in [2.05, 4.69) is 62.3 Å². The Morgan fingerprint density at radius 3 is 2.62 bits per heavy atom. The summed E-state index contributed by atoms with van der Waals surface area (Å²) in [7, 11) is 2.18. The van der Waals surface area contributed by atoms with E-state index in [0.29, 0.717) is 12.5 Å². The number of benzene rings is 1. The van der Waals surface area contributed by atoms with E-state index < -0.39 is 0 Å². The van der Waals surface area contributed by atoms with Gasteiger partial charge in [-0.05, 0) is 38.9 Å². The van der Waals surface area contributed by atoms with Gasteiger partial charge in [-0.15, -0.1) is 0 Å². The SMILES string of the molecule is CC(=O)N1CCc2nc([C@H]3CCCN(C)C3)nc(NCC(C)(C)c3ccc(C)cc3)c2C1. The van der Waals surface area contributed by atoms with Crippen molar-refractivity contribution in [3.05, 3.63) is 52.5 Å². The number of carbonyl (C=O) groups excluding carboxylic acids is 1. The zero-order valence-electron chi connectivity index (χ0n) is 20.2. The Labute approximate surface area is 192 Å². The first-order chi connectivity index (χ1) is 15.2. The molecule has 0 spiro atoms. The summed E-state index contributed by atoms with van der Waals surface area (Å²) in [4.78, 5) is 26.4. The number of aromatic nitrogens is 2. The summed E-state index contributed by atoms with van der Waals surface area (Å²) < 4.78 is 0. The Balaban J connectivity index is 1.63. The molecule has 1 aromatic heterocycles. The monoisotopic (exact) mass is 435 g/mol. The molecule has 3 heterocycles. The molecule has 2 aliphatic rings. The highest BCUT2D eigenvalue weighted by atomic mass is 16.2. The van der Waals surface area contributed by atoms with Crippen molar-refractivity contribution in [2.45, 2.75) is 64.8 Å². The molecule has 1 saturated heterocycles. The summed E-state index contributed by atoms with van der Waals surface area (Å²) in [5.74, 6) is 2.35. The number of amides is 1. The first-order valence-electron chi connectivity index (χ1n) is 11.9. The number of piperidine rings is 1.